The van der Waals surface area contributed by atoms with Crippen molar-refractivity contribution in [2.45, 2.75) is 19.4 Å². The van der Waals surface area contributed by atoms with Gasteiger partial charge in [0.15, 0.2) is 17.3 Å². The second-order valence-electron chi connectivity index (χ2n) is 7.42. The van der Waals surface area contributed by atoms with Crippen LogP contribution in [0.2, 0.25) is 0 Å². The third-order valence-corrected chi connectivity index (χ3v) is 5.33. The highest BCUT2D eigenvalue weighted by molar-refractivity contribution is 5.86. The number of hydrogen-bond donors (Lipinski definition) is 0. The van der Waals surface area contributed by atoms with Gasteiger partial charge in [0.25, 0.3) is 0 Å². The molecule has 1 aliphatic rings. The van der Waals surface area contributed by atoms with E-state index < -0.39 is 17.5 Å². The van der Waals surface area contributed by atoms with Crippen molar-refractivity contribution in [2.24, 2.45) is 0 Å². The average molecular weight is 428 g/mol. The van der Waals surface area contributed by atoms with Crippen LogP contribution in [0.15, 0.2) is 82.0 Å². The molecule has 0 aliphatic carbocycles. The van der Waals surface area contributed by atoms with Crippen molar-refractivity contribution >= 4 is 16.9 Å². The Morgan fingerprint density at radius 1 is 1.00 bits per heavy atom. The largest absolute Gasteiger partial charge is 0.485 e. The van der Waals surface area contributed by atoms with Crippen molar-refractivity contribution < 1.29 is 23.4 Å². The molecule has 0 saturated carbocycles. The number of carbonyl (C=O) groups is 1. The summed E-state index contributed by atoms with van der Waals surface area (Å²) in [6.45, 7) is 1.98. The normalized spacial score (nSPS) is 14.8. The summed E-state index contributed by atoms with van der Waals surface area (Å²) in [7, 11) is 0. The van der Waals surface area contributed by atoms with Gasteiger partial charge >= 0.3 is 5.97 Å². The summed E-state index contributed by atoms with van der Waals surface area (Å²) in [5, 5.41) is 0.359. The number of benzene rings is 3. The van der Waals surface area contributed by atoms with E-state index in [4.69, 9.17) is 18.6 Å². The molecule has 0 fully saturated rings. The van der Waals surface area contributed by atoms with Gasteiger partial charge in [-0.2, -0.15) is 0 Å². The molecule has 3 aromatic carbocycles. The lowest BCUT2D eigenvalue weighted by Gasteiger charge is -2.25. The summed E-state index contributed by atoms with van der Waals surface area (Å²) in [5.74, 6) is 0.304. The first kappa shape index (κ1) is 19.9. The molecular formula is C26H20O6. The number of aryl methyl sites for hydroxylation is 1. The summed E-state index contributed by atoms with van der Waals surface area (Å²) < 4.78 is 23.0. The number of hydrogen-bond acceptors (Lipinski definition) is 6. The van der Waals surface area contributed by atoms with Crippen LogP contribution in [0.5, 0.6) is 17.2 Å². The molecule has 6 nitrogen and oxygen atoms in total. The van der Waals surface area contributed by atoms with Crippen LogP contribution in [0.25, 0.3) is 22.3 Å². The van der Waals surface area contributed by atoms with Crippen molar-refractivity contribution in [3.05, 3.63) is 88.6 Å². The van der Waals surface area contributed by atoms with E-state index in [-0.39, 0.29) is 18.1 Å². The second-order valence-corrected chi connectivity index (χ2v) is 7.42. The van der Waals surface area contributed by atoms with Gasteiger partial charge < -0.3 is 18.6 Å². The predicted molar refractivity (Wildman–Crippen MR) is 119 cm³/mol. The number of para-hydroxylation sites is 2. The number of ether oxygens (including phenoxy) is 3. The maximum absolute atomic E-state index is 13.4. The lowest BCUT2D eigenvalue weighted by molar-refractivity contribution is -0.144. The quantitative estimate of drug-likeness (QED) is 0.436. The smallest absolute Gasteiger partial charge is 0.356 e. The van der Waals surface area contributed by atoms with Crippen LogP contribution in [0.4, 0.5) is 0 Å². The zero-order chi connectivity index (χ0) is 22.1. The number of esters is 1. The van der Waals surface area contributed by atoms with E-state index in [2.05, 4.69) is 0 Å². The third kappa shape index (κ3) is 3.60. The van der Waals surface area contributed by atoms with Crippen LogP contribution >= 0.6 is 0 Å². The molecule has 0 radical (unpaired) electrons. The van der Waals surface area contributed by atoms with Gasteiger partial charge in [0.05, 0.1) is 5.39 Å². The zero-order valence-corrected chi connectivity index (χ0v) is 17.4. The molecule has 6 heteroatoms. The van der Waals surface area contributed by atoms with E-state index in [1.54, 1.807) is 42.5 Å². The van der Waals surface area contributed by atoms with Gasteiger partial charge in [0, 0.05) is 5.56 Å². The molecule has 0 spiro atoms. The molecule has 1 aromatic heterocycles. The maximum Gasteiger partial charge on any atom is 0.356 e. The maximum atomic E-state index is 13.4. The molecule has 4 aromatic rings. The van der Waals surface area contributed by atoms with Crippen LogP contribution < -0.4 is 19.6 Å². The summed E-state index contributed by atoms with van der Waals surface area (Å²) >= 11 is 0. The molecule has 160 valence electrons. The lowest BCUT2D eigenvalue weighted by atomic mass is 10.1. The fourth-order valence-electron chi connectivity index (χ4n) is 3.62. The minimum Gasteiger partial charge on any atom is -0.485 e. The minimum atomic E-state index is -1.01. The van der Waals surface area contributed by atoms with Crippen molar-refractivity contribution in [3.63, 3.8) is 0 Å². The van der Waals surface area contributed by atoms with Gasteiger partial charge in [-0.15, -0.1) is 0 Å². The van der Waals surface area contributed by atoms with E-state index >= 15 is 0 Å². The average Bonchev–Trinajstić information content (AvgIpc) is 2.85. The highest BCUT2D eigenvalue weighted by Crippen LogP contribution is 2.33. The summed E-state index contributed by atoms with van der Waals surface area (Å²) in [5.41, 5.74) is 1.62. The van der Waals surface area contributed by atoms with Crippen LogP contribution in [-0.4, -0.2) is 18.7 Å². The SMILES string of the molecule is CCc1ccc2oc(-c3ccccc3)c(OC(=O)C3COc4ccccc4O3)c(=O)c2c1. The monoisotopic (exact) mass is 428 g/mol. The molecule has 0 amide bonds. The molecule has 32 heavy (non-hydrogen) atoms. The summed E-state index contributed by atoms with van der Waals surface area (Å²) in [6.07, 6.45) is -0.247. The van der Waals surface area contributed by atoms with Crippen LogP contribution in [-0.2, 0) is 11.2 Å². The van der Waals surface area contributed by atoms with E-state index in [1.807, 2.05) is 37.3 Å². The van der Waals surface area contributed by atoms with E-state index in [9.17, 15) is 9.59 Å². The standard InChI is InChI=1S/C26H20O6/c1-2-16-12-13-19-18(14-16)23(27)25(24(31-19)17-8-4-3-5-9-17)32-26(28)22-15-29-20-10-6-7-11-21(20)30-22/h3-14,22H,2,15H2,1H3. The minimum absolute atomic E-state index is 0.0184. The fourth-order valence-corrected chi connectivity index (χ4v) is 3.62. The van der Waals surface area contributed by atoms with Crippen LogP contribution in [0, 0.1) is 0 Å². The number of carbonyl (C=O) groups excluding carboxylic acids is 1. The van der Waals surface area contributed by atoms with E-state index in [0.717, 1.165) is 12.0 Å². The van der Waals surface area contributed by atoms with Gasteiger partial charge in [-0.05, 0) is 36.2 Å². The molecule has 5 rings (SSSR count). The highest BCUT2D eigenvalue weighted by atomic mass is 16.6. The molecule has 1 atom stereocenters. The van der Waals surface area contributed by atoms with Crippen LogP contribution in [0.1, 0.15) is 12.5 Å². The lowest BCUT2D eigenvalue weighted by Crippen LogP contribution is -2.40. The Balaban J connectivity index is 1.56. The van der Waals surface area contributed by atoms with Gasteiger partial charge in [-0.3, -0.25) is 4.79 Å². The number of fused-ring (bicyclic) bond motifs is 2. The summed E-state index contributed by atoms with van der Waals surface area (Å²) in [6, 6.07) is 21.6. The van der Waals surface area contributed by atoms with Gasteiger partial charge in [0.1, 0.15) is 12.2 Å². The molecule has 2 heterocycles. The van der Waals surface area contributed by atoms with Crippen LogP contribution in [0.3, 0.4) is 0 Å². The summed E-state index contributed by atoms with van der Waals surface area (Å²) in [4.78, 5) is 26.4. The first-order chi connectivity index (χ1) is 15.6. The first-order valence-corrected chi connectivity index (χ1v) is 10.4. The topological polar surface area (TPSA) is 75.0 Å². The predicted octanol–water partition coefficient (Wildman–Crippen LogP) is 4.77. The van der Waals surface area contributed by atoms with Crippen molar-refractivity contribution in [3.8, 4) is 28.6 Å². The Bertz CT molecular complexity index is 1360. The third-order valence-electron chi connectivity index (χ3n) is 5.33. The Hall–Kier alpha value is -4.06. The Morgan fingerprint density at radius 3 is 2.53 bits per heavy atom. The fraction of sp³-hybridized carbons (Fsp3) is 0.154. The molecular weight excluding hydrogens is 408 g/mol. The van der Waals surface area contributed by atoms with Crippen molar-refractivity contribution in [1.82, 2.24) is 0 Å². The molecule has 0 bridgehead atoms. The Labute approximate surface area is 184 Å². The molecule has 0 saturated heterocycles. The van der Waals surface area contributed by atoms with Crippen molar-refractivity contribution in [1.29, 1.82) is 0 Å². The van der Waals surface area contributed by atoms with Gasteiger partial charge in [-0.1, -0.05) is 55.5 Å². The molecule has 1 aliphatic heterocycles. The Kier molecular flexibility index (Phi) is 5.11. The van der Waals surface area contributed by atoms with Crippen molar-refractivity contribution in [2.75, 3.05) is 6.61 Å². The zero-order valence-electron chi connectivity index (χ0n) is 17.4. The van der Waals surface area contributed by atoms with E-state index in [1.165, 1.54) is 0 Å². The van der Waals surface area contributed by atoms with E-state index in [0.29, 0.717) is 28.0 Å². The first-order valence-electron chi connectivity index (χ1n) is 10.4. The van der Waals surface area contributed by atoms with Gasteiger partial charge in [0.2, 0.25) is 17.3 Å². The Morgan fingerprint density at radius 2 is 1.75 bits per heavy atom. The highest BCUT2D eigenvalue weighted by Gasteiger charge is 2.31. The molecule has 0 N–H and O–H groups in total. The number of rotatable bonds is 4. The molecule has 1 unspecified atom stereocenters. The second kappa shape index (κ2) is 8.23. The van der Waals surface area contributed by atoms with Gasteiger partial charge in [-0.25, -0.2) is 4.79 Å².